The zero-order valence-corrected chi connectivity index (χ0v) is 11.3. The lowest BCUT2D eigenvalue weighted by molar-refractivity contribution is 0.427. The summed E-state index contributed by atoms with van der Waals surface area (Å²) in [6, 6.07) is 7.10. The number of nitrogens with zero attached hydrogens (tertiary/aromatic N) is 1. The highest BCUT2D eigenvalue weighted by molar-refractivity contribution is 7.88. The van der Waals surface area contributed by atoms with E-state index in [9.17, 15) is 8.42 Å². The van der Waals surface area contributed by atoms with E-state index in [1.54, 1.807) is 18.2 Å². The molecule has 1 aliphatic heterocycles. The van der Waals surface area contributed by atoms with E-state index in [-0.39, 0.29) is 5.75 Å². The second-order valence-corrected chi connectivity index (χ2v) is 6.60. The zero-order chi connectivity index (χ0) is 13.2. The number of hydrogen-bond acceptors (Lipinski definition) is 3. The van der Waals surface area contributed by atoms with Crippen LogP contribution in [-0.2, 0) is 15.8 Å². The van der Waals surface area contributed by atoms with Crippen LogP contribution in [0.25, 0.3) is 0 Å². The summed E-state index contributed by atoms with van der Waals surface area (Å²) < 4.78 is 26.1. The molecular formula is C13H18N2O2S. The maximum atomic E-state index is 12.3. The molecule has 0 spiro atoms. The van der Waals surface area contributed by atoms with Crippen molar-refractivity contribution in [1.82, 2.24) is 4.31 Å². The molecule has 5 heteroatoms. The van der Waals surface area contributed by atoms with E-state index in [0.717, 1.165) is 12.0 Å². The lowest BCUT2D eigenvalue weighted by Crippen LogP contribution is -2.36. The molecule has 4 nitrogen and oxygen atoms in total. The van der Waals surface area contributed by atoms with Crippen molar-refractivity contribution >= 4 is 15.7 Å². The second-order valence-electron chi connectivity index (χ2n) is 4.63. The Bertz CT molecular complexity index is 564. The number of rotatable bonds is 3. The van der Waals surface area contributed by atoms with Crippen molar-refractivity contribution in [1.29, 1.82) is 0 Å². The van der Waals surface area contributed by atoms with Gasteiger partial charge in [-0.15, -0.1) is 0 Å². The minimum atomic E-state index is -3.28. The van der Waals surface area contributed by atoms with E-state index in [1.165, 1.54) is 4.31 Å². The number of nitrogen functional groups attached to an aromatic ring is 1. The van der Waals surface area contributed by atoms with E-state index in [0.29, 0.717) is 24.3 Å². The van der Waals surface area contributed by atoms with Crippen LogP contribution >= 0.6 is 0 Å². The van der Waals surface area contributed by atoms with Gasteiger partial charge in [-0.2, -0.15) is 4.31 Å². The van der Waals surface area contributed by atoms with E-state index in [4.69, 9.17) is 5.73 Å². The fraction of sp³-hybridized carbons (Fsp3) is 0.385. The Morgan fingerprint density at radius 1 is 1.33 bits per heavy atom. The number of hydrogen-bond donors (Lipinski definition) is 1. The van der Waals surface area contributed by atoms with Crippen LogP contribution in [0.3, 0.4) is 0 Å². The predicted octanol–water partition coefficient (Wildman–Crippen LogP) is 1.75. The highest BCUT2D eigenvalue weighted by Gasteiger charge is 2.24. The summed E-state index contributed by atoms with van der Waals surface area (Å²) in [4.78, 5) is 0. The minimum absolute atomic E-state index is 0.0209. The van der Waals surface area contributed by atoms with Crippen molar-refractivity contribution in [2.75, 3.05) is 18.8 Å². The van der Waals surface area contributed by atoms with Gasteiger partial charge >= 0.3 is 0 Å². The first-order valence-electron chi connectivity index (χ1n) is 5.96. The Morgan fingerprint density at radius 2 is 2.06 bits per heavy atom. The van der Waals surface area contributed by atoms with Crippen LogP contribution in [0, 0.1) is 0 Å². The molecule has 0 bridgehead atoms. The van der Waals surface area contributed by atoms with Crippen LogP contribution in [0.1, 0.15) is 18.9 Å². The van der Waals surface area contributed by atoms with Crippen LogP contribution in [0.4, 0.5) is 5.69 Å². The molecule has 0 saturated heterocycles. The van der Waals surface area contributed by atoms with Gasteiger partial charge in [-0.1, -0.05) is 29.8 Å². The zero-order valence-electron chi connectivity index (χ0n) is 10.5. The third kappa shape index (κ3) is 2.91. The quantitative estimate of drug-likeness (QED) is 0.669. The Balaban J connectivity index is 2.18. The van der Waals surface area contributed by atoms with Crippen molar-refractivity contribution in [2.45, 2.75) is 19.1 Å². The highest BCUT2D eigenvalue weighted by Crippen LogP contribution is 2.20. The summed E-state index contributed by atoms with van der Waals surface area (Å²) in [5.41, 5.74) is 8.10. The minimum Gasteiger partial charge on any atom is -0.398 e. The number of para-hydroxylation sites is 1. The molecule has 0 radical (unpaired) electrons. The second kappa shape index (κ2) is 5.12. The van der Waals surface area contributed by atoms with Crippen LogP contribution in [0.2, 0.25) is 0 Å². The topological polar surface area (TPSA) is 63.4 Å². The molecule has 1 aromatic carbocycles. The molecule has 98 valence electrons. The van der Waals surface area contributed by atoms with Gasteiger partial charge in [0, 0.05) is 18.8 Å². The molecule has 1 heterocycles. The van der Waals surface area contributed by atoms with Crippen molar-refractivity contribution in [3.63, 3.8) is 0 Å². The third-order valence-electron chi connectivity index (χ3n) is 3.08. The first-order chi connectivity index (χ1) is 8.49. The van der Waals surface area contributed by atoms with E-state index in [2.05, 4.69) is 6.08 Å². The Morgan fingerprint density at radius 3 is 2.72 bits per heavy atom. The average Bonchev–Trinajstić information content (AvgIpc) is 2.32. The molecule has 0 atom stereocenters. The highest BCUT2D eigenvalue weighted by atomic mass is 32.2. The van der Waals surface area contributed by atoms with Gasteiger partial charge in [0.1, 0.15) is 0 Å². The van der Waals surface area contributed by atoms with Gasteiger partial charge in [-0.3, -0.25) is 0 Å². The van der Waals surface area contributed by atoms with E-state index < -0.39 is 10.0 Å². The molecule has 0 saturated carbocycles. The van der Waals surface area contributed by atoms with E-state index in [1.807, 2.05) is 13.0 Å². The van der Waals surface area contributed by atoms with Gasteiger partial charge < -0.3 is 5.73 Å². The molecule has 2 rings (SSSR count). The maximum Gasteiger partial charge on any atom is 0.218 e. The summed E-state index contributed by atoms with van der Waals surface area (Å²) >= 11 is 0. The molecule has 0 amide bonds. The van der Waals surface area contributed by atoms with Crippen molar-refractivity contribution in [2.24, 2.45) is 0 Å². The van der Waals surface area contributed by atoms with Gasteiger partial charge in [-0.25, -0.2) is 8.42 Å². The monoisotopic (exact) mass is 266 g/mol. The first-order valence-corrected chi connectivity index (χ1v) is 7.57. The number of nitrogens with two attached hydrogens (primary N) is 1. The fourth-order valence-electron chi connectivity index (χ4n) is 2.07. The summed E-state index contributed by atoms with van der Waals surface area (Å²) in [5.74, 6) is -0.0209. The summed E-state index contributed by atoms with van der Waals surface area (Å²) in [6.07, 6.45) is 2.87. The van der Waals surface area contributed by atoms with Crippen LogP contribution in [-0.4, -0.2) is 25.8 Å². The molecule has 1 aliphatic rings. The standard InChI is InChI=1S/C13H18N2O2S/c1-11-5-4-8-15(9-11)18(16,17)10-12-6-2-3-7-13(12)14/h2-3,5-7H,4,8-10,14H2,1H3. The largest absolute Gasteiger partial charge is 0.398 e. The summed E-state index contributed by atoms with van der Waals surface area (Å²) in [5, 5.41) is 0. The average molecular weight is 266 g/mol. The number of benzene rings is 1. The molecule has 0 aliphatic carbocycles. The Labute approximate surface area is 108 Å². The van der Waals surface area contributed by atoms with Gasteiger partial charge in [-0.05, 0) is 25.0 Å². The van der Waals surface area contributed by atoms with Gasteiger partial charge in [0.15, 0.2) is 0 Å². The van der Waals surface area contributed by atoms with Crippen LogP contribution in [0.15, 0.2) is 35.9 Å². The predicted molar refractivity (Wildman–Crippen MR) is 73.4 cm³/mol. The fourth-order valence-corrected chi connectivity index (χ4v) is 3.69. The molecule has 0 fully saturated rings. The lowest BCUT2D eigenvalue weighted by Gasteiger charge is -2.25. The smallest absolute Gasteiger partial charge is 0.218 e. The van der Waals surface area contributed by atoms with Crippen molar-refractivity contribution in [3.8, 4) is 0 Å². The van der Waals surface area contributed by atoms with Crippen molar-refractivity contribution in [3.05, 3.63) is 41.5 Å². The molecule has 0 aromatic heterocycles. The van der Waals surface area contributed by atoms with Crippen molar-refractivity contribution < 1.29 is 8.42 Å². The van der Waals surface area contributed by atoms with Crippen LogP contribution in [0.5, 0.6) is 0 Å². The maximum absolute atomic E-state index is 12.3. The first kappa shape index (κ1) is 13.1. The summed E-state index contributed by atoms with van der Waals surface area (Å²) in [7, 11) is -3.28. The lowest BCUT2D eigenvalue weighted by atomic mass is 10.2. The number of anilines is 1. The SMILES string of the molecule is CC1=CCCN(S(=O)(=O)Cc2ccccc2N)C1. The molecule has 18 heavy (non-hydrogen) atoms. The van der Waals surface area contributed by atoms with Gasteiger partial charge in [0.05, 0.1) is 5.75 Å². The molecule has 0 unspecified atom stereocenters. The van der Waals surface area contributed by atoms with E-state index >= 15 is 0 Å². The molecule has 2 N–H and O–H groups in total. The Kier molecular flexibility index (Phi) is 3.73. The Hall–Kier alpha value is -1.33. The normalized spacial score (nSPS) is 17.5. The number of sulfonamides is 1. The molecule has 1 aromatic rings. The summed E-state index contributed by atoms with van der Waals surface area (Å²) in [6.45, 7) is 3.01. The molecular weight excluding hydrogens is 248 g/mol. The van der Waals surface area contributed by atoms with Gasteiger partial charge in [0.25, 0.3) is 0 Å². The third-order valence-corrected chi connectivity index (χ3v) is 4.86. The van der Waals surface area contributed by atoms with Gasteiger partial charge in [0.2, 0.25) is 10.0 Å². The van der Waals surface area contributed by atoms with Crippen LogP contribution < -0.4 is 5.73 Å².